The van der Waals surface area contributed by atoms with Gasteiger partial charge in [0.25, 0.3) is 0 Å². The van der Waals surface area contributed by atoms with E-state index in [1.165, 1.54) is 6.92 Å². The molecule has 98 valence electrons. The number of amides is 2. The summed E-state index contributed by atoms with van der Waals surface area (Å²) >= 11 is 0. The topological polar surface area (TPSA) is 58.2 Å². The molecule has 1 aromatic rings. The van der Waals surface area contributed by atoms with E-state index in [-0.39, 0.29) is 11.8 Å². The van der Waals surface area contributed by atoms with E-state index < -0.39 is 0 Å². The largest absolute Gasteiger partial charge is 0.356 e. The van der Waals surface area contributed by atoms with Gasteiger partial charge < -0.3 is 10.6 Å². The standard InChI is InChI=1S/C14H20N2O2/c1-12(17)15-11-7-3-6-10-14(18)16-13-8-4-2-5-9-13/h2,4-5,8-9H,3,6-7,10-11H2,1H3,(H,15,17)(H,16,18)/i1-1. The van der Waals surface area contributed by atoms with Crippen LogP contribution in [0.5, 0.6) is 0 Å². The van der Waals surface area contributed by atoms with Crippen LogP contribution in [0.2, 0.25) is 0 Å². The minimum absolute atomic E-state index is 0.00294. The maximum Gasteiger partial charge on any atom is 0.224 e. The highest BCUT2D eigenvalue weighted by molar-refractivity contribution is 5.90. The van der Waals surface area contributed by atoms with Gasteiger partial charge in [-0.1, -0.05) is 24.6 Å². The van der Waals surface area contributed by atoms with Crippen LogP contribution < -0.4 is 10.6 Å². The summed E-state index contributed by atoms with van der Waals surface area (Å²) in [6.45, 7) is 2.20. The lowest BCUT2D eigenvalue weighted by Gasteiger charge is -2.05. The second-order valence-electron chi connectivity index (χ2n) is 4.21. The number of nitrogens with one attached hydrogen (secondary N) is 2. The molecule has 0 aromatic heterocycles. The first kappa shape index (κ1) is 14.2. The van der Waals surface area contributed by atoms with Crippen molar-refractivity contribution in [3.63, 3.8) is 0 Å². The van der Waals surface area contributed by atoms with E-state index >= 15 is 0 Å². The second-order valence-corrected chi connectivity index (χ2v) is 4.21. The number of carbonyl (C=O) groups is 2. The van der Waals surface area contributed by atoms with Gasteiger partial charge in [0.05, 0.1) is 0 Å². The third kappa shape index (κ3) is 6.68. The molecule has 0 aliphatic carbocycles. The summed E-state index contributed by atoms with van der Waals surface area (Å²) in [6, 6.07) is 9.44. The lowest BCUT2D eigenvalue weighted by molar-refractivity contribution is -0.119. The van der Waals surface area contributed by atoms with Crippen molar-refractivity contribution in [2.24, 2.45) is 0 Å². The van der Waals surface area contributed by atoms with E-state index in [0.717, 1.165) is 24.9 Å². The monoisotopic (exact) mass is 247 g/mol. The maximum absolute atomic E-state index is 11.6. The van der Waals surface area contributed by atoms with E-state index in [0.29, 0.717) is 13.0 Å². The lowest BCUT2D eigenvalue weighted by Crippen LogP contribution is -2.20. The Morgan fingerprint density at radius 1 is 1.06 bits per heavy atom. The molecule has 0 saturated heterocycles. The molecular weight excluding hydrogens is 227 g/mol. The Kier molecular flexibility index (Phi) is 6.54. The van der Waals surface area contributed by atoms with Gasteiger partial charge in [0.1, 0.15) is 0 Å². The third-order valence-corrected chi connectivity index (χ3v) is 2.51. The van der Waals surface area contributed by atoms with Gasteiger partial charge in [-0.15, -0.1) is 0 Å². The number of unbranched alkanes of at least 4 members (excludes halogenated alkanes) is 2. The highest BCUT2D eigenvalue weighted by atomic mass is 16.1. The SMILES string of the molecule is [11CH3]C(=O)NCCCCCC(=O)Nc1ccccc1. The zero-order chi connectivity index (χ0) is 13.2. The minimum Gasteiger partial charge on any atom is -0.356 e. The van der Waals surface area contributed by atoms with Crippen LogP contribution >= 0.6 is 0 Å². The zero-order valence-corrected chi connectivity index (χ0v) is 10.7. The normalized spacial score (nSPS) is 9.83. The molecule has 4 nitrogen and oxygen atoms in total. The number of rotatable bonds is 7. The average Bonchev–Trinajstić information content (AvgIpc) is 2.34. The van der Waals surface area contributed by atoms with Crippen LogP contribution in [0.4, 0.5) is 5.69 Å². The van der Waals surface area contributed by atoms with Gasteiger partial charge in [-0.2, -0.15) is 0 Å². The Morgan fingerprint density at radius 3 is 2.44 bits per heavy atom. The molecule has 0 aliphatic rings. The Labute approximate surface area is 108 Å². The first-order valence-corrected chi connectivity index (χ1v) is 6.28. The van der Waals surface area contributed by atoms with E-state index in [9.17, 15) is 9.59 Å². The highest BCUT2D eigenvalue weighted by Crippen LogP contribution is 2.07. The van der Waals surface area contributed by atoms with Crippen LogP contribution in [0.25, 0.3) is 0 Å². The molecule has 0 saturated carbocycles. The molecule has 0 fully saturated rings. The Hall–Kier alpha value is -1.84. The molecule has 0 aliphatic heterocycles. The number of para-hydroxylation sites is 1. The molecular formula is C14H20N2O2. The second kappa shape index (κ2) is 8.28. The van der Waals surface area contributed by atoms with Crippen LogP contribution in [0, 0.1) is 0 Å². The predicted octanol–water partition coefficient (Wildman–Crippen LogP) is 2.32. The number of benzene rings is 1. The highest BCUT2D eigenvalue weighted by Gasteiger charge is 2.01. The van der Waals surface area contributed by atoms with Gasteiger partial charge in [-0.3, -0.25) is 9.59 Å². The third-order valence-electron chi connectivity index (χ3n) is 2.51. The Bertz CT molecular complexity index is 377. The van der Waals surface area contributed by atoms with E-state index in [4.69, 9.17) is 0 Å². The van der Waals surface area contributed by atoms with Gasteiger partial charge >= 0.3 is 0 Å². The summed E-state index contributed by atoms with van der Waals surface area (Å²) in [6.07, 6.45) is 3.23. The molecule has 0 bridgehead atoms. The van der Waals surface area contributed by atoms with Gasteiger partial charge in [0, 0.05) is 25.6 Å². The van der Waals surface area contributed by atoms with Gasteiger partial charge in [-0.25, -0.2) is 0 Å². The summed E-state index contributed by atoms with van der Waals surface area (Å²) in [5, 5.41) is 5.58. The van der Waals surface area contributed by atoms with Crippen molar-refractivity contribution >= 4 is 17.5 Å². The molecule has 0 radical (unpaired) electrons. The van der Waals surface area contributed by atoms with Gasteiger partial charge in [0.2, 0.25) is 11.8 Å². The summed E-state index contributed by atoms with van der Waals surface area (Å²) in [5.41, 5.74) is 0.834. The quantitative estimate of drug-likeness (QED) is 0.726. The summed E-state index contributed by atoms with van der Waals surface area (Å²) in [5.74, 6) is 0.0394. The van der Waals surface area contributed by atoms with Crippen LogP contribution in [-0.4, -0.2) is 18.4 Å². The van der Waals surface area contributed by atoms with Crippen LogP contribution in [0.15, 0.2) is 30.3 Å². The number of anilines is 1. The summed E-state index contributed by atoms with van der Waals surface area (Å²) in [4.78, 5) is 22.2. The number of hydrogen-bond acceptors (Lipinski definition) is 2. The van der Waals surface area contributed by atoms with E-state index in [1.807, 2.05) is 30.3 Å². The molecule has 1 aromatic carbocycles. The zero-order valence-electron chi connectivity index (χ0n) is 10.7. The molecule has 0 spiro atoms. The summed E-state index contributed by atoms with van der Waals surface area (Å²) < 4.78 is 0. The minimum atomic E-state index is -0.00294. The van der Waals surface area contributed by atoms with Gasteiger partial charge in [-0.05, 0) is 25.0 Å². The lowest BCUT2D eigenvalue weighted by atomic mass is 10.1. The molecule has 1 rings (SSSR count). The fraction of sp³-hybridized carbons (Fsp3) is 0.429. The van der Waals surface area contributed by atoms with E-state index in [2.05, 4.69) is 10.6 Å². The van der Waals surface area contributed by atoms with E-state index in [1.54, 1.807) is 0 Å². The van der Waals surface area contributed by atoms with Crippen molar-refractivity contribution in [3.8, 4) is 0 Å². The molecule has 0 atom stereocenters. The molecule has 0 unspecified atom stereocenters. The van der Waals surface area contributed by atoms with Crippen molar-refractivity contribution in [2.45, 2.75) is 32.6 Å². The maximum atomic E-state index is 11.6. The van der Waals surface area contributed by atoms with Crippen molar-refractivity contribution < 1.29 is 9.59 Å². The molecule has 2 amide bonds. The fourth-order valence-corrected chi connectivity index (χ4v) is 1.60. The Balaban J connectivity index is 2.05. The smallest absolute Gasteiger partial charge is 0.224 e. The van der Waals surface area contributed by atoms with Crippen LogP contribution in [0.1, 0.15) is 32.6 Å². The van der Waals surface area contributed by atoms with Crippen LogP contribution in [-0.2, 0) is 9.59 Å². The van der Waals surface area contributed by atoms with Crippen molar-refractivity contribution in [1.29, 1.82) is 0 Å². The average molecular weight is 247 g/mol. The first-order valence-electron chi connectivity index (χ1n) is 6.28. The molecule has 4 heteroatoms. The van der Waals surface area contributed by atoms with Crippen molar-refractivity contribution in [3.05, 3.63) is 30.3 Å². The fourth-order valence-electron chi connectivity index (χ4n) is 1.60. The molecule has 18 heavy (non-hydrogen) atoms. The van der Waals surface area contributed by atoms with Crippen molar-refractivity contribution in [2.75, 3.05) is 11.9 Å². The predicted molar refractivity (Wildman–Crippen MR) is 72.2 cm³/mol. The first-order chi connectivity index (χ1) is 8.68. The number of hydrogen-bond donors (Lipinski definition) is 2. The van der Waals surface area contributed by atoms with Crippen LogP contribution in [0.3, 0.4) is 0 Å². The van der Waals surface area contributed by atoms with Gasteiger partial charge in [0.15, 0.2) is 0 Å². The Morgan fingerprint density at radius 2 is 1.78 bits per heavy atom. The molecule has 0 heterocycles. The number of carbonyl (C=O) groups excluding carboxylic acids is 2. The van der Waals surface area contributed by atoms with Crippen molar-refractivity contribution in [1.82, 2.24) is 5.32 Å². The molecule has 2 N–H and O–H groups in total. The summed E-state index contributed by atoms with van der Waals surface area (Å²) in [7, 11) is 0.